The van der Waals surface area contributed by atoms with Gasteiger partial charge in [-0.3, -0.25) is 4.79 Å². The van der Waals surface area contributed by atoms with Crippen molar-refractivity contribution >= 4 is 11.6 Å². The Labute approximate surface area is 118 Å². The van der Waals surface area contributed by atoms with Crippen molar-refractivity contribution in [2.45, 2.75) is 12.6 Å². The highest BCUT2D eigenvalue weighted by atomic mass is 19.4. The number of hydrogen-bond donors (Lipinski definition) is 1. The van der Waals surface area contributed by atoms with Gasteiger partial charge >= 0.3 is 12.1 Å². The Morgan fingerprint density at radius 3 is 2.43 bits per heavy atom. The molecule has 2 aromatic rings. The van der Waals surface area contributed by atoms with Gasteiger partial charge in [0.1, 0.15) is 5.71 Å². The van der Waals surface area contributed by atoms with E-state index in [2.05, 4.69) is 5.10 Å². The van der Waals surface area contributed by atoms with Crippen molar-refractivity contribution in [1.82, 2.24) is 5.43 Å². The van der Waals surface area contributed by atoms with Gasteiger partial charge in [-0.15, -0.1) is 0 Å². The first-order chi connectivity index (χ1) is 9.97. The molecule has 1 amide bonds. The van der Waals surface area contributed by atoms with Crippen LogP contribution < -0.4 is 5.43 Å². The van der Waals surface area contributed by atoms with Crippen LogP contribution in [0.3, 0.4) is 0 Å². The number of benzene rings is 1. The molecule has 0 aliphatic rings. The smallest absolute Gasteiger partial charge is 0.431 e. The van der Waals surface area contributed by atoms with Crippen LogP contribution in [0.1, 0.15) is 16.1 Å². The Balaban J connectivity index is 2.13. The van der Waals surface area contributed by atoms with Crippen LogP contribution in [0.5, 0.6) is 0 Å². The molecule has 0 atom stereocenters. The first-order valence-corrected chi connectivity index (χ1v) is 5.98. The fourth-order valence-electron chi connectivity index (χ4n) is 1.57. The summed E-state index contributed by atoms with van der Waals surface area (Å²) in [7, 11) is 0. The molecule has 1 heterocycles. The summed E-state index contributed by atoms with van der Waals surface area (Å²) in [4.78, 5) is 11.5. The highest BCUT2D eigenvalue weighted by molar-refractivity contribution is 5.95. The van der Waals surface area contributed by atoms with Crippen molar-refractivity contribution in [3.8, 4) is 0 Å². The molecule has 0 unspecified atom stereocenters. The largest absolute Gasteiger partial charge is 0.459 e. The molecule has 0 saturated carbocycles. The van der Waals surface area contributed by atoms with E-state index in [9.17, 15) is 18.0 Å². The van der Waals surface area contributed by atoms with Gasteiger partial charge in [0.05, 0.1) is 6.26 Å². The van der Waals surface area contributed by atoms with E-state index in [-0.39, 0.29) is 5.76 Å². The Morgan fingerprint density at radius 2 is 1.86 bits per heavy atom. The van der Waals surface area contributed by atoms with Crippen molar-refractivity contribution in [3.05, 3.63) is 60.1 Å². The fraction of sp³-hybridized carbons (Fsp3) is 0.143. The summed E-state index contributed by atoms with van der Waals surface area (Å²) in [5.74, 6) is -0.949. The second kappa shape index (κ2) is 6.25. The van der Waals surface area contributed by atoms with Crippen molar-refractivity contribution in [2.75, 3.05) is 0 Å². The molecule has 1 aromatic heterocycles. The van der Waals surface area contributed by atoms with Crippen LogP contribution in [-0.2, 0) is 6.42 Å². The van der Waals surface area contributed by atoms with Gasteiger partial charge in [0.25, 0.3) is 0 Å². The summed E-state index contributed by atoms with van der Waals surface area (Å²) in [6.07, 6.45) is -3.82. The summed E-state index contributed by atoms with van der Waals surface area (Å²) in [6.45, 7) is 0. The maximum absolute atomic E-state index is 12.9. The average Bonchev–Trinajstić information content (AvgIpc) is 2.97. The number of rotatable bonds is 4. The maximum atomic E-state index is 12.9. The van der Waals surface area contributed by atoms with Crippen molar-refractivity contribution in [3.63, 3.8) is 0 Å². The Hall–Kier alpha value is -2.57. The van der Waals surface area contributed by atoms with Gasteiger partial charge in [-0.1, -0.05) is 30.3 Å². The number of halogens is 3. The second-order valence-electron chi connectivity index (χ2n) is 4.14. The van der Waals surface area contributed by atoms with E-state index in [1.54, 1.807) is 30.3 Å². The Morgan fingerprint density at radius 1 is 1.14 bits per heavy atom. The lowest BCUT2D eigenvalue weighted by Crippen LogP contribution is -2.29. The van der Waals surface area contributed by atoms with Gasteiger partial charge in [0.2, 0.25) is 0 Å². The zero-order valence-electron chi connectivity index (χ0n) is 10.7. The molecule has 0 aliphatic carbocycles. The number of furan rings is 1. The molecule has 2 rings (SSSR count). The molecule has 0 aliphatic heterocycles. The lowest BCUT2D eigenvalue weighted by Gasteiger charge is -2.10. The van der Waals surface area contributed by atoms with Gasteiger partial charge in [0.15, 0.2) is 5.76 Å². The third-order valence-corrected chi connectivity index (χ3v) is 2.58. The highest BCUT2D eigenvalue weighted by Crippen LogP contribution is 2.20. The molecule has 0 fully saturated rings. The SMILES string of the molecule is O=C(N/N=C(\Cc1ccccc1)C(F)(F)F)c1ccco1. The minimum absolute atomic E-state index is 0.111. The van der Waals surface area contributed by atoms with E-state index >= 15 is 0 Å². The van der Waals surface area contributed by atoms with Crippen LogP contribution in [-0.4, -0.2) is 17.8 Å². The summed E-state index contributed by atoms with van der Waals surface area (Å²) < 4.78 is 43.4. The van der Waals surface area contributed by atoms with Gasteiger partial charge < -0.3 is 4.42 Å². The predicted octanol–water partition coefficient (Wildman–Crippen LogP) is 3.17. The topological polar surface area (TPSA) is 54.6 Å². The van der Waals surface area contributed by atoms with Crippen molar-refractivity contribution in [1.29, 1.82) is 0 Å². The lowest BCUT2D eigenvalue weighted by atomic mass is 10.1. The van der Waals surface area contributed by atoms with Crippen LogP contribution in [0, 0.1) is 0 Å². The molecule has 1 aromatic carbocycles. The first-order valence-electron chi connectivity index (χ1n) is 5.98. The second-order valence-corrected chi connectivity index (χ2v) is 4.14. The molecule has 0 bridgehead atoms. The molecule has 110 valence electrons. The van der Waals surface area contributed by atoms with Crippen LogP contribution in [0.4, 0.5) is 13.2 Å². The summed E-state index contributed by atoms with van der Waals surface area (Å²) in [5, 5.41) is 3.18. The summed E-state index contributed by atoms with van der Waals surface area (Å²) >= 11 is 0. The molecule has 0 radical (unpaired) electrons. The fourth-order valence-corrected chi connectivity index (χ4v) is 1.57. The normalized spacial score (nSPS) is 12.2. The number of amides is 1. The Bertz CT molecular complexity index is 619. The first kappa shape index (κ1) is 14.8. The number of hydrogen-bond acceptors (Lipinski definition) is 3. The number of carbonyl (C=O) groups is 1. The van der Waals surface area contributed by atoms with E-state index in [0.29, 0.717) is 5.56 Å². The number of nitrogens with one attached hydrogen (secondary N) is 1. The number of nitrogens with zero attached hydrogens (tertiary/aromatic N) is 1. The third kappa shape index (κ3) is 4.20. The van der Waals surface area contributed by atoms with Gasteiger partial charge in [-0.05, 0) is 17.7 Å². The maximum Gasteiger partial charge on any atom is 0.431 e. The zero-order valence-corrected chi connectivity index (χ0v) is 10.7. The molecule has 7 heteroatoms. The minimum Gasteiger partial charge on any atom is -0.459 e. The summed E-state index contributed by atoms with van der Waals surface area (Å²) in [6, 6.07) is 10.8. The average molecular weight is 296 g/mol. The summed E-state index contributed by atoms with van der Waals surface area (Å²) in [5.41, 5.74) is 1.20. The lowest BCUT2D eigenvalue weighted by molar-refractivity contribution is -0.0604. The molecular weight excluding hydrogens is 285 g/mol. The third-order valence-electron chi connectivity index (χ3n) is 2.58. The minimum atomic E-state index is -4.63. The van der Waals surface area contributed by atoms with Crippen LogP contribution >= 0.6 is 0 Å². The molecule has 0 spiro atoms. The van der Waals surface area contributed by atoms with E-state index in [0.717, 1.165) is 0 Å². The quantitative estimate of drug-likeness (QED) is 0.696. The molecule has 1 N–H and O–H groups in total. The number of alkyl halides is 3. The van der Waals surface area contributed by atoms with E-state index < -0.39 is 24.2 Å². The molecule has 4 nitrogen and oxygen atoms in total. The van der Waals surface area contributed by atoms with Crippen LogP contribution in [0.2, 0.25) is 0 Å². The standard InChI is InChI=1S/C14H11F3N2O2/c15-14(16,17)12(9-10-5-2-1-3-6-10)18-19-13(20)11-7-4-8-21-11/h1-8H,9H2,(H,19,20)/b18-12+. The van der Waals surface area contributed by atoms with E-state index in [1.807, 2.05) is 5.43 Å². The van der Waals surface area contributed by atoms with Crippen molar-refractivity contribution < 1.29 is 22.4 Å². The number of hydrazone groups is 1. The Kier molecular flexibility index (Phi) is 4.42. The molecule has 0 saturated heterocycles. The van der Waals surface area contributed by atoms with E-state index in [4.69, 9.17) is 4.42 Å². The van der Waals surface area contributed by atoms with Crippen LogP contribution in [0.25, 0.3) is 0 Å². The van der Waals surface area contributed by atoms with Gasteiger partial charge in [-0.25, -0.2) is 5.43 Å². The highest BCUT2D eigenvalue weighted by Gasteiger charge is 2.36. The molecule has 21 heavy (non-hydrogen) atoms. The van der Waals surface area contributed by atoms with Crippen LogP contribution in [0.15, 0.2) is 58.2 Å². The number of carbonyl (C=O) groups excluding carboxylic acids is 1. The van der Waals surface area contributed by atoms with E-state index in [1.165, 1.54) is 18.4 Å². The predicted molar refractivity (Wildman–Crippen MR) is 69.8 cm³/mol. The monoisotopic (exact) mass is 296 g/mol. The van der Waals surface area contributed by atoms with Gasteiger partial charge in [-0.2, -0.15) is 18.3 Å². The van der Waals surface area contributed by atoms with Crippen molar-refractivity contribution in [2.24, 2.45) is 5.10 Å². The molecular formula is C14H11F3N2O2. The zero-order chi connectivity index (χ0) is 15.3. The van der Waals surface area contributed by atoms with Gasteiger partial charge in [0, 0.05) is 6.42 Å².